The van der Waals surface area contributed by atoms with Gasteiger partial charge in [0.15, 0.2) is 6.61 Å². The summed E-state index contributed by atoms with van der Waals surface area (Å²) in [5, 5.41) is 2.65. The third kappa shape index (κ3) is 4.09. The molecule has 2 unspecified atom stereocenters. The van der Waals surface area contributed by atoms with Gasteiger partial charge in [0.05, 0.1) is 6.42 Å². The highest BCUT2D eigenvalue weighted by atomic mass is 79.9. The molecule has 6 nitrogen and oxygen atoms in total. The molecule has 0 aliphatic heterocycles. The molecule has 4 saturated carbocycles. The van der Waals surface area contributed by atoms with E-state index in [0.717, 1.165) is 19.3 Å². The second kappa shape index (κ2) is 7.17. The van der Waals surface area contributed by atoms with Crippen LogP contribution in [0.25, 0.3) is 0 Å². The number of nitrogens with one attached hydrogen (secondary N) is 1. The number of carbonyl (C=O) groups is 3. The van der Waals surface area contributed by atoms with Crippen molar-refractivity contribution in [2.45, 2.75) is 49.3 Å². The predicted octanol–water partition coefficient (Wildman–Crippen LogP) is 3.39. The fraction of sp³-hybridized carbons (Fsp3) is 0.571. The van der Waals surface area contributed by atoms with Crippen molar-refractivity contribution in [1.29, 1.82) is 0 Å². The molecule has 2 amide bonds. The van der Waals surface area contributed by atoms with E-state index in [1.807, 2.05) is 0 Å². The van der Waals surface area contributed by atoms with Gasteiger partial charge in [-0.2, -0.15) is 0 Å². The van der Waals surface area contributed by atoms with Crippen LogP contribution < -0.4 is 11.1 Å². The number of nitrogens with two attached hydrogens (primary N) is 1. The van der Waals surface area contributed by atoms with Gasteiger partial charge in [-0.1, -0.05) is 15.9 Å². The van der Waals surface area contributed by atoms with Crippen LogP contribution in [0.3, 0.4) is 0 Å². The van der Waals surface area contributed by atoms with Crippen LogP contribution in [-0.4, -0.2) is 28.7 Å². The Hall–Kier alpha value is -1.89. The van der Waals surface area contributed by atoms with Crippen molar-refractivity contribution >= 4 is 39.4 Å². The second-order valence-corrected chi connectivity index (χ2v) is 10.6. The molecular formula is C21H25BrN2O4. The third-order valence-electron chi connectivity index (χ3n) is 6.45. The van der Waals surface area contributed by atoms with Crippen molar-refractivity contribution in [3.05, 3.63) is 29.8 Å². The highest BCUT2D eigenvalue weighted by Crippen LogP contribution is 2.65. The lowest BCUT2D eigenvalue weighted by Crippen LogP contribution is -2.53. The maximum absolute atomic E-state index is 12.4. The molecule has 0 heterocycles. The first-order valence-electron chi connectivity index (χ1n) is 9.79. The standard InChI is InChI=1S/C21H25BrN2O4/c22-21-8-13-5-14(9-21)7-20(6-13,12-21)10-18(26)28-11-17(25)24-16-3-1-15(2-4-16)19(23)27/h1-4,13-14H,5-12H2,(H2,23,27)(H,24,25)/t13-,14+,20?,21?. The fourth-order valence-corrected chi connectivity index (χ4v) is 7.47. The molecule has 0 aromatic heterocycles. The summed E-state index contributed by atoms with van der Waals surface area (Å²) in [5.41, 5.74) is 6.11. The first kappa shape index (κ1) is 19.4. The van der Waals surface area contributed by atoms with Crippen LogP contribution in [0, 0.1) is 17.3 Å². The lowest BCUT2D eigenvalue weighted by Gasteiger charge is -2.60. The number of anilines is 1. The molecule has 7 heteroatoms. The van der Waals surface area contributed by atoms with Gasteiger partial charge in [0.25, 0.3) is 5.91 Å². The minimum Gasteiger partial charge on any atom is -0.456 e. The van der Waals surface area contributed by atoms with Gasteiger partial charge in [0, 0.05) is 15.6 Å². The number of hydrogen-bond acceptors (Lipinski definition) is 4. The second-order valence-electron chi connectivity index (χ2n) is 8.94. The van der Waals surface area contributed by atoms with Gasteiger partial charge in [-0.3, -0.25) is 14.4 Å². The van der Waals surface area contributed by atoms with Gasteiger partial charge in [-0.15, -0.1) is 0 Å². The summed E-state index contributed by atoms with van der Waals surface area (Å²) in [6, 6.07) is 6.25. The van der Waals surface area contributed by atoms with E-state index in [4.69, 9.17) is 10.5 Å². The molecule has 0 spiro atoms. The van der Waals surface area contributed by atoms with Crippen LogP contribution in [0.15, 0.2) is 24.3 Å². The Morgan fingerprint density at radius 3 is 2.32 bits per heavy atom. The van der Waals surface area contributed by atoms with E-state index in [-0.39, 0.29) is 22.3 Å². The molecule has 3 N–H and O–H groups in total. The summed E-state index contributed by atoms with van der Waals surface area (Å²) in [7, 11) is 0. The Labute approximate surface area is 172 Å². The molecule has 150 valence electrons. The number of rotatable bonds is 6. The maximum Gasteiger partial charge on any atom is 0.306 e. The highest BCUT2D eigenvalue weighted by molar-refractivity contribution is 9.10. The first-order valence-corrected chi connectivity index (χ1v) is 10.6. The molecule has 4 fully saturated rings. The monoisotopic (exact) mass is 448 g/mol. The van der Waals surface area contributed by atoms with Crippen molar-refractivity contribution < 1.29 is 19.1 Å². The number of alkyl halides is 1. The van der Waals surface area contributed by atoms with Crippen molar-refractivity contribution in [1.82, 2.24) is 0 Å². The normalized spacial score (nSPS) is 32.8. The van der Waals surface area contributed by atoms with Gasteiger partial charge in [0.2, 0.25) is 5.91 Å². The number of carbonyl (C=O) groups excluding carboxylic acids is 3. The van der Waals surface area contributed by atoms with Crippen LogP contribution in [0.2, 0.25) is 0 Å². The van der Waals surface area contributed by atoms with E-state index in [2.05, 4.69) is 21.2 Å². The van der Waals surface area contributed by atoms with Crippen molar-refractivity contribution in [2.24, 2.45) is 23.0 Å². The minimum absolute atomic E-state index is 0.0335. The molecule has 0 saturated heterocycles. The number of ether oxygens (including phenoxy) is 1. The van der Waals surface area contributed by atoms with E-state index in [1.165, 1.54) is 31.4 Å². The number of benzene rings is 1. The molecule has 28 heavy (non-hydrogen) atoms. The number of amides is 2. The topological polar surface area (TPSA) is 98.5 Å². The van der Waals surface area contributed by atoms with Gasteiger partial charge >= 0.3 is 5.97 Å². The van der Waals surface area contributed by atoms with Crippen LogP contribution in [0.4, 0.5) is 5.69 Å². The number of primary amides is 1. The van der Waals surface area contributed by atoms with Crippen molar-refractivity contribution in [3.8, 4) is 0 Å². The van der Waals surface area contributed by atoms with Crippen LogP contribution in [0.1, 0.15) is 55.3 Å². The number of esters is 1. The van der Waals surface area contributed by atoms with Gasteiger partial charge in [-0.05, 0) is 80.0 Å². The lowest BCUT2D eigenvalue weighted by atomic mass is 9.49. The predicted molar refractivity (Wildman–Crippen MR) is 108 cm³/mol. The molecule has 4 aliphatic carbocycles. The Morgan fingerprint density at radius 2 is 1.75 bits per heavy atom. The SMILES string of the molecule is NC(=O)c1ccc(NC(=O)COC(=O)CC23C[C@@H]4C[C@@H](CC(Br)(C4)C2)C3)cc1. The van der Waals surface area contributed by atoms with Crippen molar-refractivity contribution in [3.63, 3.8) is 0 Å². The zero-order valence-electron chi connectivity index (χ0n) is 15.7. The summed E-state index contributed by atoms with van der Waals surface area (Å²) in [5.74, 6) is 0.196. The quantitative estimate of drug-likeness (QED) is 0.514. The average molecular weight is 449 g/mol. The van der Waals surface area contributed by atoms with E-state index >= 15 is 0 Å². The Kier molecular flexibility index (Phi) is 4.98. The Balaban J connectivity index is 1.27. The number of hydrogen-bond donors (Lipinski definition) is 2. The van der Waals surface area contributed by atoms with Gasteiger partial charge in [0.1, 0.15) is 0 Å². The number of halogens is 1. The molecule has 4 aliphatic rings. The van der Waals surface area contributed by atoms with E-state index in [9.17, 15) is 14.4 Å². The molecule has 5 rings (SSSR count). The van der Waals surface area contributed by atoms with Gasteiger partial charge < -0.3 is 15.8 Å². The molecule has 0 radical (unpaired) electrons. The highest BCUT2D eigenvalue weighted by Gasteiger charge is 2.57. The zero-order valence-corrected chi connectivity index (χ0v) is 17.3. The zero-order chi connectivity index (χ0) is 19.9. The first-order chi connectivity index (χ1) is 13.2. The largest absolute Gasteiger partial charge is 0.456 e. The minimum atomic E-state index is -0.526. The van der Waals surface area contributed by atoms with E-state index < -0.39 is 11.8 Å². The summed E-state index contributed by atoms with van der Waals surface area (Å²) < 4.78 is 5.47. The van der Waals surface area contributed by atoms with Gasteiger partial charge in [-0.25, -0.2) is 0 Å². The lowest BCUT2D eigenvalue weighted by molar-refractivity contribution is -0.153. The summed E-state index contributed by atoms with van der Waals surface area (Å²) in [6.45, 7) is -0.307. The fourth-order valence-electron chi connectivity index (χ4n) is 5.96. The molecule has 4 bridgehead atoms. The summed E-state index contributed by atoms with van der Waals surface area (Å²) in [4.78, 5) is 35.6. The van der Waals surface area contributed by atoms with E-state index in [1.54, 1.807) is 12.1 Å². The third-order valence-corrected chi connectivity index (χ3v) is 7.38. The van der Waals surface area contributed by atoms with Crippen LogP contribution in [0.5, 0.6) is 0 Å². The van der Waals surface area contributed by atoms with Crippen LogP contribution >= 0.6 is 15.9 Å². The molecule has 1 aromatic carbocycles. The average Bonchev–Trinajstić information content (AvgIpc) is 2.58. The summed E-state index contributed by atoms with van der Waals surface area (Å²) in [6.07, 6.45) is 7.36. The smallest absolute Gasteiger partial charge is 0.306 e. The van der Waals surface area contributed by atoms with Crippen molar-refractivity contribution in [2.75, 3.05) is 11.9 Å². The molecule has 1 aromatic rings. The van der Waals surface area contributed by atoms with E-state index in [0.29, 0.717) is 29.5 Å². The Morgan fingerprint density at radius 1 is 1.11 bits per heavy atom. The molecule has 4 atom stereocenters. The van der Waals surface area contributed by atoms with Crippen LogP contribution in [-0.2, 0) is 14.3 Å². The maximum atomic E-state index is 12.4. The Bertz CT molecular complexity index is 793. The molecular weight excluding hydrogens is 424 g/mol. The summed E-state index contributed by atoms with van der Waals surface area (Å²) >= 11 is 3.95.